The minimum Gasteiger partial charge on any atom is -0.508 e. The van der Waals surface area contributed by atoms with E-state index < -0.39 is 93.6 Å². The number of nitrogens with zero attached hydrogens (tertiary/aromatic N) is 2. The van der Waals surface area contributed by atoms with Gasteiger partial charge in [-0.3, -0.25) is 29.4 Å². The van der Waals surface area contributed by atoms with Crippen molar-refractivity contribution in [3.63, 3.8) is 0 Å². The molecule has 2 aromatic rings. The average molecular weight is 762 g/mol. The summed E-state index contributed by atoms with van der Waals surface area (Å²) in [6, 6.07) is 8.80. The summed E-state index contributed by atoms with van der Waals surface area (Å²) >= 11 is 11.8. The Morgan fingerprint density at radius 1 is 1.00 bits per heavy atom. The van der Waals surface area contributed by atoms with E-state index in [9.17, 15) is 49.8 Å². The zero-order valence-electron chi connectivity index (χ0n) is 28.8. The number of aromatic hydroxyl groups is 1. The fourth-order valence-corrected chi connectivity index (χ4v) is 8.13. The van der Waals surface area contributed by atoms with Crippen LogP contribution in [0.25, 0.3) is 5.76 Å². The van der Waals surface area contributed by atoms with Crippen LogP contribution in [0.3, 0.4) is 0 Å². The first kappa shape index (κ1) is 39.0. The number of ketones is 2. The molecule has 6 atom stereocenters. The van der Waals surface area contributed by atoms with Crippen molar-refractivity contribution in [3.05, 3.63) is 76.1 Å². The molecule has 0 bridgehead atoms. The molecule has 14 nitrogen and oxygen atoms in total. The predicted octanol–water partition coefficient (Wildman–Crippen LogP) is 1.79. The van der Waals surface area contributed by atoms with Crippen molar-refractivity contribution < 1.29 is 49.8 Å². The number of aliphatic carboxylic acids is 1. The second-order valence-corrected chi connectivity index (χ2v) is 14.4. The zero-order valence-corrected chi connectivity index (χ0v) is 30.3. The quantitative estimate of drug-likeness (QED) is 0.0831. The maximum Gasteiger partial charge on any atom is 0.321 e. The first-order valence-corrected chi connectivity index (χ1v) is 17.7. The molecule has 2 aromatic carbocycles. The fourth-order valence-electron chi connectivity index (χ4n) is 7.73. The molecule has 280 valence electrons. The van der Waals surface area contributed by atoms with E-state index in [-0.39, 0.29) is 24.0 Å². The standard InChI is InChI=1S/C36H42Cl2N4O10/c1-35(51)20-5-4-6-24(43)25(20)29(44)26-21(35)16-22-28(41(2)3)30(45)27(32(47)36(22,52)31(26)46)33(48)40-17-39-23(34(49)50)15-18-7-9-19(10-8-18)42(13-11-37)14-12-38/h4-10,21-23,28,39,43-44,47,51-52H,11-17H2,1-3H3,(H,40,48)(H,49,50)/t21-,22-,23-,28-,35-,36+/m0/s1. The SMILES string of the molecule is CN(C)[C@@H]1C(=O)C(C(=O)NCN[C@@H](Cc2ccc(N(CCCl)CCCl)cc2)C(=O)O)=C(O)[C@]2(O)C(=O)C3=C(O)c4c(O)cccc4[C@](C)(O)[C@H]3C[C@@H]12. The van der Waals surface area contributed by atoms with Crippen molar-refractivity contribution >= 4 is 58.1 Å². The lowest BCUT2D eigenvalue weighted by molar-refractivity contribution is -0.159. The van der Waals surface area contributed by atoms with E-state index in [0.717, 1.165) is 5.69 Å². The van der Waals surface area contributed by atoms with Crippen LogP contribution in [0.4, 0.5) is 5.69 Å². The smallest absolute Gasteiger partial charge is 0.321 e. The van der Waals surface area contributed by atoms with Crippen molar-refractivity contribution in [1.82, 2.24) is 15.5 Å². The van der Waals surface area contributed by atoms with Crippen molar-refractivity contribution in [2.45, 2.75) is 43.1 Å². The number of carboxylic acid groups (broad SMARTS) is 1. The second-order valence-electron chi connectivity index (χ2n) is 13.6. The van der Waals surface area contributed by atoms with Gasteiger partial charge in [-0.2, -0.15) is 0 Å². The van der Waals surface area contributed by atoms with Gasteiger partial charge in [0.15, 0.2) is 11.4 Å². The summed E-state index contributed by atoms with van der Waals surface area (Å²) in [6.07, 6.45) is -0.262. The van der Waals surface area contributed by atoms with Crippen LogP contribution in [0.2, 0.25) is 0 Å². The fraction of sp³-hybridized carbons (Fsp3) is 0.444. The normalized spacial score (nSPS) is 26.1. The number of hydrogen-bond donors (Lipinski definition) is 8. The number of halogens is 2. The van der Waals surface area contributed by atoms with Gasteiger partial charge < -0.3 is 40.9 Å². The topological polar surface area (TPSA) is 220 Å². The Kier molecular flexibility index (Phi) is 11.3. The monoisotopic (exact) mass is 760 g/mol. The Morgan fingerprint density at radius 2 is 1.63 bits per heavy atom. The highest BCUT2D eigenvalue weighted by atomic mass is 35.5. The number of carbonyl (C=O) groups is 4. The Morgan fingerprint density at radius 3 is 2.21 bits per heavy atom. The number of rotatable bonds is 13. The molecule has 0 unspecified atom stereocenters. The Bertz CT molecular complexity index is 1820. The number of Topliss-reactive ketones (excluding diaryl/α,β-unsaturated/α-hetero) is 2. The lowest BCUT2D eigenvalue weighted by atomic mass is 9.54. The largest absolute Gasteiger partial charge is 0.508 e. The van der Waals surface area contributed by atoms with Crippen LogP contribution < -0.4 is 15.5 Å². The second kappa shape index (κ2) is 15.0. The average Bonchev–Trinajstić information content (AvgIpc) is 3.08. The number of likely N-dealkylation sites (N-methyl/N-ethyl adjacent to an activating group) is 1. The van der Waals surface area contributed by atoms with Crippen molar-refractivity contribution in [2.24, 2.45) is 11.8 Å². The van der Waals surface area contributed by atoms with Gasteiger partial charge in [0, 0.05) is 47.9 Å². The molecule has 52 heavy (non-hydrogen) atoms. The number of fused-ring (bicyclic) bond motifs is 3. The molecule has 3 aliphatic carbocycles. The minimum absolute atomic E-state index is 0.0181. The van der Waals surface area contributed by atoms with Gasteiger partial charge in [-0.25, -0.2) is 0 Å². The summed E-state index contributed by atoms with van der Waals surface area (Å²) in [5, 5.41) is 72.1. The summed E-state index contributed by atoms with van der Waals surface area (Å²) in [6.45, 7) is 2.05. The minimum atomic E-state index is -2.89. The highest BCUT2D eigenvalue weighted by molar-refractivity contribution is 6.25. The van der Waals surface area contributed by atoms with Gasteiger partial charge >= 0.3 is 5.97 Å². The third kappa shape index (κ3) is 6.63. The molecule has 1 amide bonds. The molecule has 8 N–H and O–H groups in total. The number of aliphatic hydroxyl groups excluding tert-OH is 2. The Balaban J connectivity index is 1.40. The highest BCUT2D eigenvalue weighted by Crippen LogP contribution is 2.57. The number of nitrogens with one attached hydrogen (secondary N) is 2. The molecule has 1 saturated carbocycles. The highest BCUT2D eigenvalue weighted by Gasteiger charge is 2.66. The lowest BCUT2D eigenvalue weighted by Gasteiger charge is -2.53. The van der Waals surface area contributed by atoms with Crippen LogP contribution in [-0.2, 0) is 31.2 Å². The molecule has 3 aliphatic rings. The van der Waals surface area contributed by atoms with Crippen molar-refractivity contribution in [2.75, 3.05) is 50.5 Å². The number of phenols is 1. The van der Waals surface area contributed by atoms with E-state index in [4.69, 9.17) is 23.2 Å². The summed E-state index contributed by atoms with van der Waals surface area (Å²) in [5.41, 5.74) is -4.70. The van der Waals surface area contributed by atoms with Gasteiger partial charge in [-0.15, -0.1) is 23.2 Å². The number of carbonyl (C=O) groups excluding carboxylic acids is 3. The van der Waals surface area contributed by atoms with Crippen LogP contribution in [0.5, 0.6) is 5.75 Å². The summed E-state index contributed by atoms with van der Waals surface area (Å²) in [5.74, 6) is -8.70. The number of hydrogen-bond acceptors (Lipinski definition) is 12. The third-order valence-electron chi connectivity index (χ3n) is 10.3. The van der Waals surface area contributed by atoms with Gasteiger partial charge in [-0.1, -0.05) is 24.3 Å². The summed E-state index contributed by atoms with van der Waals surface area (Å²) < 4.78 is 0. The summed E-state index contributed by atoms with van der Waals surface area (Å²) in [7, 11) is 2.97. The van der Waals surface area contributed by atoms with Crippen LogP contribution >= 0.6 is 23.2 Å². The van der Waals surface area contributed by atoms with Crippen LogP contribution in [0.1, 0.15) is 30.0 Å². The van der Waals surface area contributed by atoms with Crippen LogP contribution in [0.15, 0.2) is 59.4 Å². The van der Waals surface area contributed by atoms with E-state index in [1.54, 1.807) is 12.1 Å². The number of phenolic OH excluding ortho intramolecular Hbond substituents is 1. The summed E-state index contributed by atoms with van der Waals surface area (Å²) in [4.78, 5) is 57.2. The van der Waals surface area contributed by atoms with Crippen molar-refractivity contribution in [3.8, 4) is 5.75 Å². The Hall–Kier alpha value is -4.18. The van der Waals surface area contributed by atoms with E-state index in [1.165, 1.54) is 44.1 Å². The molecular weight excluding hydrogens is 719 g/mol. The number of carboxylic acids is 1. The molecule has 0 heterocycles. The first-order chi connectivity index (χ1) is 24.5. The molecule has 0 aliphatic heterocycles. The number of aliphatic hydroxyl groups is 4. The molecule has 0 spiro atoms. The van der Waals surface area contributed by atoms with E-state index >= 15 is 0 Å². The van der Waals surface area contributed by atoms with Gasteiger partial charge in [0.25, 0.3) is 5.91 Å². The van der Waals surface area contributed by atoms with E-state index in [1.807, 2.05) is 17.0 Å². The maximum absolute atomic E-state index is 14.3. The van der Waals surface area contributed by atoms with Crippen LogP contribution in [-0.4, -0.2) is 122 Å². The molecule has 1 fully saturated rings. The number of anilines is 1. The maximum atomic E-state index is 14.3. The molecule has 0 aromatic heterocycles. The van der Waals surface area contributed by atoms with Gasteiger partial charge in [0.1, 0.15) is 28.9 Å². The van der Waals surface area contributed by atoms with Crippen molar-refractivity contribution in [1.29, 1.82) is 0 Å². The first-order valence-electron chi connectivity index (χ1n) is 16.6. The zero-order chi connectivity index (χ0) is 38.3. The lowest BCUT2D eigenvalue weighted by Crippen LogP contribution is -2.67. The number of alkyl halides is 2. The van der Waals surface area contributed by atoms with Crippen LogP contribution in [0, 0.1) is 11.8 Å². The molecule has 0 radical (unpaired) electrons. The van der Waals surface area contributed by atoms with Gasteiger partial charge in [0.05, 0.1) is 23.9 Å². The van der Waals surface area contributed by atoms with Gasteiger partial charge in [0.2, 0.25) is 5.78 Å². The molecule has 5 rings (SSSR count). The molecule has 16 heteroatoms. The van der Waals surface area contributed by atoms with E-state index in [2.05, 4.69) is 10.6 Å². The number of amides is 1. The molecule has 0 saturated heterocycles. The van der Waals surface area contributed by atoms with E-state index in [0.29, 0.717) is 30.4 Å². The third-order valence-corrected chi connectivity index (χ3v) is 10.7. The number of benzene rings is 2. The molecular formula is C36H42Cl2N4O10. The van der Waals surface area contributed by atoms with Gasteiger partial charge in [-0.05, 0) is 63.2 Å². The predicted molar refractivity (Wildman–Crippen MR) is 192 cm³/mol. The Labute approximate surface area is 309 Å².